The summed E-state index contributed by atoms with van der Waals surface area (Å²) in [5.41, 5.74) is 2.59. The lowest BCUT2D eigenvalue weighted by Crippen LogP contribution is -2.45. The van der Waals surface area contributed by atoms with E-state index in [2.05, 4.69) is 39.1 Å². The second-order valence-corrected chi connectivity index (χ2v) is 7.76. The molecule has 3 rings (SSSR count). The Morgan fingerprint density at radius 1 is 1.21 bits per heavy atom. The van der Waals surface area contributed by atoms with Crippen LogP contribution in [0.1, 0.15) is 25.8 Å². The van der Waals surface area contributed by atoms with Crippen molar-refractivity contribution in [2.45, 2.75) is 26.8 Å². The van der Waals surface area contributed by atoms with Gasteiger partial charge in [-0.05, 0) is 56.9 Å². The number of benzene rings is 1. The van der Waals surface area contributed by atoms with Crippen LogP contribution < -0.4 is 10.2 Å². The molecule has 158 valence electrons. The maximum Gasteiger partial charge on any atom is 0.232 e. The SMILES string of the molecule is CCCN(Cc1c(-c2ccc(F)cc2)noc1N1CCN(C)CC1)C(=S)NCC. The van der Waals surface area contributed by atoms with Crippen LogP contribution in [0, 0.1) is 5.82 Å². The zero-order chi connectivity index (χ0) is 20.8. The van der Waals surface area contributed by atoms with Crippen molar-refractivity contribution in [1.29, 1.82) is 0 Å². The molecule has 0 amide bonds. The van der Waals surface area contributed by atoms with Crippen molar-refractivity contribution in [3.05, 3.63) is 35.6 Å². The Balaban J connectivity index is 1.96. The van der Waals surface area contributed by atoms with Crippen LogP contribution in [0.3, 0.4) is 0 Å². The minimum atomic E-state index is -0.265. The lowest BCUT2D eigenvalue weighted by atomic mass is 10.1. The first-order valence-electron chi connectivity index (χ1n) is 10.2. The molecule has 0 spiro atoms. The van der Waals surface area contributed by atoms with Gasteiger partial charge in [0.2, 0.25) is 5.88 Å². The van der Waals surface area contributed by atoms with Gasteiger partial charge in [-0.1, -0.05) is 12.1 Å². The number of hydrogen-bond acceptors (Lipinski definition) is 5. The van der Waals surface area contributed by atoms with E-state index in [1.54, 1.807) is 12.1 Å². The Labute approximate surface area is 177 Å². The molecule has 0 unspecified atom stereocenters. The number of aromatic nitrogens is 1. The number of halogens is 1. The van der Waals surface area contributed by atoms with Crippen molar-refractivity contribution in [2.75, 3.05) is 51.2 Å². The van der Waals surface area contributed by atoms with Crippen molar-refractivity contribution in [3.63, 3.8) is 0 Å². The van der Waals surface area contributed by atoms with Crippen LogP contribution in [-0.4, -0.2) is 66.4 Å². The standard InChI is InChI=1S/C21H30FN5OS/c1-4-10-27(21(29)23-5-2)15-18-19(16-6-8-17(22)9-7-16)24-28-20(18)26-13-11-25(3)12-14-26/h6-9H,4-5,10-15H2,1-3H3,(H,23,29). The number of nitrogens with zero attached hydrogens (tertiary/aromatic N) is 4. The average molecular weight is 420 g/mol. The molecular formula is C21H30FN5OS. The lowest BCUT2D eigenvalue weighted by molar-refractivity contribution is 0.299. The number of hydrogen-bond donors (Lipinski definition) is 1. The summed E-state index contributed by atoms with van der Waals surface area (Å²) in [6.07, 6.45) is 0.979. The molecule has 2 aromatic rings. The molecule has 29 heavy (non-hydrogen) atoms. The minimum Gasteiger partial charge on any atom is -0.363 e. The van der Waals surface area contributed by atoms with E-state index < -0.39 is 0 Å². The van der Waals surface area contributed by atoms with Crippen LogP contribution in [0.25, 0.3) is 11.3 Å². The van der Waals surface area contributed by atoms with Crippen LogP contribution in [0.2, 0.25) is 0 Å². The molecule has 1 aromatic carbocycles. The van der Waals surface area contributed by atoms with E-state index in [0.717, 1.165) is 73.5 Å². The van der Waals surface area contributed by atoms with Gasteiger partial charge in [-0.15, -0.1) is 0 Å². The second kappa shape index (κ2) is 10.0. The van der Waals surface area contributed by atoms with Crippen molar-refractivity contribution >= 4 is 23.2 Å². The molecule has 1 fully saturated rings. The predicted octanol–water partition coefficient (Wildman–Crippen LogP) is 3.34. The molecule has 1 saturated heterocycles. The third kappa shape index (κ3) is 5.25. The third-order valence-electron chi connectivity index (χ3n) is 5.13. The number of anilines is 1. The zero-order valence-electron chi connectivity index (χ0n) is 17.4. The quantitative estimate of drug-likeness (QED) is 0.691. The van der Waals surface area contributed by atoms with E-state index >= 15 is 0 Å². The van der Waals surface area contributed by atoms with Crippen LogP contribution in [-0.2, 0) is 6.54 Å². The summed E-state index contributed by atoms with van der Waals surface area (Å²) in [4.78, 5) is 6.70. The maximum absolute atomic E-state index is 13.4. The normalized spacial score (nSPS) is 14.8. The van der Waals surface area contributed by atoms with Gasteiger partial charge in [0.25, 0.3) is 0 Å². The van der Waals surface area contributed by atoms with Gasteiger partial charge >= 0.3 is 0 Å². The lowest BCUT2D eigenvalue weighted by Gasteiger charge is -2.33. The second-order valence-electron chi connectivity index (χ2n) is 7.37. The Kier molecular flexibility index (Phi) is 7.44. The van der Waals surface area contributed by atoms with Gasteiger partial charge in [-0.2, -0.15) is 0 Å². The summed E-state index contributed by atoms with van der Waals surface area (Å²) >= 11 is 5.60. The van der Waals surface area contributed by atoms with Crippen molar-refractivity contribution in [3.8, 4) is 11.3 Å². The first-order valence-corrected chi connectivity index (χ1v) is 10.6. The van der Waals surface area contributed by atoms with Gasteiger partial charge in [0.05, 0.1) is 12.1 Å². The van der Waals surface area contributed by atoms with E-state index in [-0.39, 0.29) is 5.82 Å². The van der Waals surface area contributed by atoms with E-state index in [1.807, 2.05) is 6.92 Å². The predicted molar refractivity (Wildman–Crippen MR) is 119 cm³/mol. The van der Waals surface area contributed by atoms with Crippen molar-refractivity contribution in [1.82, 2.24) is 20.3 Å². The Morgan fingerprint density at radius 2 is 1.90 bits per heavy atom. The van der Waals surface area contributed by atoms with E-state index in [9.17, 15) is 4.39 Å². The van der Waals surface area contributed by atoms with Gasteiger partial charge in [0.1, 0.15) is 11.5 Å². The maximum atomic E-state index is 13.4. The molecule has 6 nitrogen and oxygen atoms in total. The number of rotatable bonds is 7. The van der Waals surface area contributed by atoms with E-state index in [1.165, 1.54) is 12.1 Å². The van der Waals surface area contributed by atoms with Gasteiger partial charge < -0.3 is 24.5 Å². The number of nitrogens with one attached hydrogen (secondary N) is 1. The highest BCUT2D eigenvalue weighted by atomic mass is 32.1. The van der Waals surface area contributed by atoms with E-state index in [0.29, 0.717) is 6.54 Å². The molecule has 1 aliphatic heterocycles. The molecule has 1 aliphatic rings. The highest BCUT2D eigenvalue weighted by Crippen LogP contribution is 2.33. The molecule has 0 atom stereocenters. The summed E-state index contributed by atoms with van der Waals surface area (Å²) in [5, 5.41) is 8.36. The topological polar surface area (TPSA) is 47.8 Å². The molecule has 0 radical (unpaired) electrons. The Hall–Kier alpha value is -2.19. The molecule has 1 N–H and O–H groups in total. The van der Waals surface area contributed by atoms with Crippen molar-refractivity contribution < 1.29 is 8.91 Å². The fourth-order valence-corrected chi connectivity index (χ4v) is 3.81. The van der Waals surface area contributed by atoms with Crippen molar-refractivity contribution in [2.24, 2.45) is 0 Å². The highest BCUT2D eigenvalue weighted by Gasteiger charge is 2.27. The Bertz CT molecular complexity index is 802. The first kappa shape index (κ1) is 21.5. The zero-order valence-corrected chi connectivity index (χ0v) is 18.3. The van der Waals surface area contributed by atoms with E-state index in [4.69, 9.17) is 16.7 Å². The Morgan fingerprint density at radius 3 is 2.52 bits per heavy atom. The largest absolute Gasteiger partial charge is 0.363 e. The molecule has 8 heteroatoms. The number of thiocarbonyl (C=S) groups is 1. The molecule has 0 bridgehead atoms. The minimum absolute atomic E-state index is 0.265. The smallest absolute Gasteiger partial charge is 0.232 e. The van der Waals surface area contributed by atoms with Gasteiger partial charge in [-0.25, -0.2) is 4.39 Å². The molecule has 2 heterocycles. The summed E-state index contributed by atoms with van der Waals surface area (Å²) in [6.45, 7) is 10.1. The molecular weight excluding hydrogens is 389 g/mol. The van der Waals surface area contributed by atoms with Gasteiger partial charge in [-0.3, -0.25) is 0 Å². The fourth-order valence-electron chi connectivity index (χ4n) is 3.51. The van der Waals surface area contributed by atoms with Crippen LogP contribution in [0.5, 0.6) is 0 Å². The molecule has 1 aromatic heterocycles. The monoisotopic (exact) mass is 419 g/mol. The van der Waals surface area contributed by atoms with Crippen LogP contribution >= 0.6 is 12.2 Å². The van der Waals surface area contributed by atoms with Gasteiger partial charge in [0.15, 0.2) is 5.11 Å². The number of likely N-dealkylation sites (N-methyl/N-ethyl adjacent to an activating group) is 1. The number of piperazine rings is 1. The van der Waals surface area contributed by atoms with Crippen LogP contribution in [0.4, 0.5) is 10.3 Å². The molecule has 0 saturated carbocycles. The average Bonchev–Trinajstić information content (AvgIpc) is 3.12. The van der Waals surface area contributed by atoms with Crippen LogP contribution in [0.15, 0.2) is 28.8 Å². The van der Waals surface area contributed by atoms with Gasteiger partial charge in [0, 0.05) is 44.8 Å². The summed E-state index contributed by atoms with van der Waals surface area (Å²) in [5.74, 6) is 0.525. The summed E-state index contributed by atoms with van der Waals surface area (Å²) < 4.78 is 19.3. The third-order valence-corrected chi connectivity index (χ3v) is 5.54. The highest BCUT2D eigenvalue weighted by molar-refractivity contribution is 7.80. The summed E-state index contributed by atoms with van der Waals surface area (Å²) in [7, 11) is 2.13. The first-order chi connectivity index (χ1) is 14.0. The summed E-state index contributed by atoms with van der Waals surface area (Å²) in [6, 6.07) is 6.40. The molecule has 0 aliphatic carbocycles. The fraction of sp³-hybridized carbons (Fsp3) is 0.524.